The summed E-state index contributed by atoms with van der Waals surface area (Å²) in [5.74, 6) is 0.581. The number of carbonyl (C=O) groups excluding carboxylic acids is 1. The molecule has 6 heteroatoms. The molecule has 0 atom stereocenters. The summed E-state index contributed by atoms with van der Waals surface area (Å²) in [6.07, 6.45) is 5.55. The van der Waals surface area contributed by atoms with Gasteiger partial charge >= 0.3 is 0 Å². The van der Waals surface area contributed by atoms with Crippen molar-refractivity contribution in [1.82, 2.24) is 14.5 Å². The van der Waals surface area contributed by atoms with E-state index >= 15 is 0 Å². The molecule has 2 heterocycles. The van der Waals surface area contributed by atoms with Crippen molar-refractivity contribution >= 4 is 5.78 Å². The molecule has 0 spiro atoms. The van der Waals surface area contributed by atoms with Gasteiger partial charge in [0.25, 0.3) is 5.56 Å². The van der Waals surface area contributed by atoms with E-state index in [-0.39, 0.29) is 23.1 Å². The van der Waals surface area contributed by atoms with Crippen molar-refractivity contribution in [3.63, 3.8) is 0 Å². The maximum Gasteiger partial charge on any atom is 0.256 e. The number of rotatable bonds is 5. The van der Waals surface area contributed by atoms with Gasteiger partial charge in [0.1, 0.15) is 11.6 Å². The van der Waals surface area contributed by atoms with Gasteiger partial charge in [0.15, 0.2) is 5.78 Å². The van der Waals surface area contributed by atoms with Crippen LogP contribution in [0.15, 0.2) is 29.1 Å². The fourth-order valence-corrected chi connectivity index (χ4v) is 4.58. The Morgan fingerprint density at radius 2 is 1.79 bits per heavy atom. The van der Waals surface area contributed by atoms with E-state index in [1.165, 1.54) is 12.1 Å². The van der Waals surface area contributed by atoms with Crippen LogP contribution in [0.25, 0.3) is 0 Å². The van der Waals surface area contributed by atoms with Gasteiger partial charge in [-0.15, -0.1) is 0 Å². The van der Waals surface area contributed by atoms with Crippen LogP contribution in [0.3, 0.4) is 0 Å². The van der Waals surface area contributed by atoms with Crippen LogP contribution in [0.5, 0.6) is 0 Å². The molecule has 0 unspecified atom stereocenters. The summed E-state index contributed by atoms with van der Waals surface area (Å²) in [4.78, 5) is 32.5. The number of hydrogen-bond donors (Lipinski definition) is 0. The zero-order valence-electron chi connectivity index (χ0n) is 17.0. The minimum atomic E-state index is -0.321. The number of fused-ring (bicyclic) bond motifs is 1. The van der Waals surface area contributed by atoms with E-state index < -0.39 is 0 Å². The second-order valence-corrected chi connectivity index (χ2v) is 8.24. The number of hydrogen-bond acceptors (Lipinski definition) is 4. The van der Waals surface area contributed by atoms with Crippen LogP contribution in [-0.2, 0) is 19.4 Å². The van der Waals surface area contributed by atoms with Crippen LogP contribution in [0.2, 0.25) is 0 Å². The van der Waals surface area contributed by atoms with E-state index in [1.807, 2.05) is 11.5 Å². The second-order valence-electron chi connectivity index (χ2n) is 8.24. The van der Waals surface area contributed by atoms with E-state index in [0.29, 0.717) is 12.1 Å². The summed E-state index contributed by atoms with van der Waals surface area (Å²) < 4.78 is 14.9. The Labute approximate surface area is 170 Å². The average Bonchev–Trinajstić information content (AvgIpc) is 2.74. The van der Waals surface area contributed by atoms with Gasteiger partial charge in [-0.25, -0.2) is 9.37 Å². The minimum Gasteiger partial charge on any atom is -0.302 e. The Morgan fingerprint density at radius 1 is 1.10 bits per heavy atom. The number of aryl methyl sites for hydroxylation is 2. The van der Waals surface area contributed by atoms with Crippen molar-refractivity contribution in [1.29, 1.82) is 0 Å². The van der Waals surface area contributed by atoms with Crippen LogP contribution >= 0.6 is 0 Å². The Bertz CT molecular complexity index is 944. The molecule has 2 aliphatic rings. The molecule has 154 valence electrons. The van der Waals surface area contributed by atoms with Crippen LogP contribution < -0.4 is 5.56 Å². The predicted molar refractivity (Wildman–Crippen MR) is 110 cm³/mol. The zero-order valence-corrected chi connectivity index (χ0v) is 17.0. The first-order valence-corrected chi connectivity index (χ1v) is 10.6. The number of carbonyl (C=O) groups is 1. The maximum atomic E-state index is 13.1. The first kappa shape index (κ1) is 20.0. The third kappa shape index (κ3) is 4.32. The highest BCUT2D eigenvalue weighted by Gasteiger charge is 2.26. The number of halogens is 1. The quantitative estimate of drug-likeness (QED) is 0.728. The van der Waals surface area contributed by atoms with E-state index in [1.54, 1.807) is 12.1 Å². The number of nitrogens with zero attached hydrogens (tertiary/aromatic N) is 3. The number of aromatic nitrogens is 2. The summed E-state index contributed by atoms with van der Waals surface area (Å²) in [5.41, 5.74) is 2.63. The maximum absolute atomic E-state index is 13.1. The SMILES string of the molecule is Cc1nc2c(c(=O)n1CCN1CCC(C(=O)c3ccc(F)cc3)CC1)CCCC2. The van der Waals surface area contributed by atoms with Gasteiger partial charge in [0.2, 0.25) is 0 Å². The number of Topliss-reactive ketones (excluding diaryl/α,β-unsaturated/α-hetero) is 1. The van der Waals surface area contributed by atoms with Crippen molar-refractivity contribution in [2.75, 3.05) is 19.6 Å². The molecule has 0 radical (unpaired) electrons. The third-order valence-electron chi connectivity index (χ3n) is 6.36. The van der Waals surface area contributed by atoms with Crippen molar-refractivity contribution in [3.05, 3.63) is 63.1 Å². The summed E-state index contributed by atoms with van der Waals surface area (Å²) in [6, 6.07) is 5.83. The van der Waals surface area contributed by atoms with Gasteiger partial charge < -0.3 is 4.90 Å². The van der Waals surface area contributed by atoms with Crippen LogP contribution in [0.1, 0.15) is 53.1 Å². The van der Waals surface area contributed by atoms with Crippen LogP contribution in [0.4, 0.5) is 4.39 Å². The molecule has 1 aliphatic heterocycles. The smallest absolute Gasteiger partial charge is 0.256 e. The molecule has 0 amide bonds. The second kappa shape index (κ2) is 8.57. The highest BCUT2D eigenvalue weighted by Crippen LogP contribution is 2.22. The van der Waals surface area contributed by atoms with Crippen molar-refractivity contribution in [2.45, 2.75) is 52.0 Å². The van der Waals surface area contributed by atoms with Gasteiger partial charge in [0.05, 0.1) is 5.69 Å². The fourth-order valence-electron chi connectivity index (χ4n) is 4.58. The molecule has 1 fully saturated rings. The monoisotopic (exact) mass is 397 g/mol. The summed E-state index contributed by atoms with van der Waals surface area (Å²) in [5, 5.41) is 0. The van der Waals surface area contributed by atoms with Crippen LogP contribution in [0, 0.1) is 18.7 Å². The molecule has 0 bridgehead atoms. The summed E-state index contributed by atoms with van der Waals surface area (Å²) in [7, 11) is 0. The lowest BCUT2D eigenvalue weighted by Crippen LogP contribution is -2.40. The first-order chi connectivity index (χ1) is 14.0. The highest BCUT2D eigenvalue weighted by atomic mass is 19.1. The molecule has 1 aliphatic carbocycles. The van der Waals surface area contributed by atoms with Crippen LogP contribution in [-0.4, -0.2) is 39.9 Å². The molecule has 29 heavy (non-hydrogen) atoms. The Kier molecular flexibility index (Phi) is 5.90. The number of piperidine rings is 1. The molecule has 0 N–H and O–H groups in total. The normalized spacial score (nSPS) is 17.9. The Hall–Kier alpha value is -2.34. The largest absolute Gasteiger partial charge is 0.302 e. The number of ketones is 1. The van der Waals surface area contributed by atoms with Crippen molar-refractivity contribution < 1.29 is 9.18 Å². The molecule has 0 saturated carbocycles. The minimum absolute atomic E-state index is 0.00780. The highest BCUT2D eigenvalue weighted by molar-refractivity contribution is 5.97. The van der Waals surface area contributed by atoms with E-state index in [9.17, 15) is 14.0 Å². The molecule has 5 nitrogen and oxygen atoms in total. The molecular weight excluding hydrogens is 369 g/mol. The molecule has 2 aromatic rings. The van der Waals surface area contributed by atoms with Gasteiger partial charge in [-0.3, -0.25) is 14.2 Å². The van der Waals surface area contributed by atoms with E-state index in [2.05, 4.69) is 9.88 Å². The number of benzene rings is 1. The Balaban J connectivity index is 1.34. The van der Waals surface area contributed by atoms with Gasteiger partial charge in [0, 0.05) is 30.1 Å². The lowest BCUT2D eigenvalue weighted by Gasteiger charge is -2.31. The van der Waals surface area contributed by atoms with E-state index in [4.69, 9.17) is 0 Å². The summed E-state index contributed by atoms with van der Waals surface area (Å²) in [6.45, 7) is 5.03. The van der Waals surface area contributed by atoms with Gasteiger partial charge in [-0.05, 0) is 82.8 Å². The lowest BCUT2D eigenvalue weighted by atomic mass is 9.89. The molecule has 1 aromatic heterocycles. The summed E-state index contributed by atoms with van der Waals surface area (Å²) >= 11 is 0. The fraction of sp³-hybridized carbons (Fsp3) is 0.522. The lowest BCUT2D eigenvalue weighted by molar-refractivity contribution is 0.0837. The average molecular weight is 397 g/mol. The van der Waals surface area contributed by atoms with Gasteiger partial charge in [-0.1, -0.05) is 0 Å². The molecule has 1 aromatic carbocycles. The molecule has 4 rings (SSSR count). The zero-order chi connectivity index (χ0) is 20.4. The van der Waals surface area contributed by atoms with Crippen molar-refractivity contribution in [2.24, 2.45) is 5.92 Å². The topological polar surface area (TPSA) is 55.2 Å². The standard InChI is InChI=1S/C23H28FN3O2/c1-16-25-21-5-3-2-4-20(21)23(29)27(16)15-14-26-12-10-18(11-13-26)22(28)17-6-8-19(24)9-7-17/h6-9,18H,2-5,10-15H2,1H3. The van der Waals surface area contributed by atoms with E-state index in [0.717, 1.165) is 75.2 Å². The third-order valence-corrected chi connectivity index (χ3v) is 6.36. The molecule has 1 saturated heterocycles. The molecular formula is C23H28FN3O2. The van der Waals surface area contributed by atoms with Gasteiger partial charge in [-0.2, -0.15) is 0 Å². The first-order valence-electron chi connectivity index (χ1n) is 10.6. The predicted octanol–water partition coefficient (Wildman–Crippen LogP) is 3.16. The van der Waals surface area contributed by atoms with Crippen molar-refractivity contribution in [3.8, 4) is 0 Å². The number of likely N-dealkylation sites (tertiary alicyclic amines) is 1. The Morgan fingerprint density at radius 3 is 2.52 bits per heavy atom.